The van der Waals surface area contributed by atoms with E-state index in [0.29, 0.717) is 5.69 Å². The number of anilines is 1. The summed E-state index contributed by atoms with van der Waals surface area (Å²) in [5, 5.41) is 12.5. The summed E-state index contributed by atoms with van der Waals surface area (Å²) in [6.45, 7) is 1.71. The highest BCUT2D eigenvalue weighted by Crippen LogP contribution is 2.15. The lowest BCUT2D eigenvalue weighted by molar-refractivity contribution is 0.577. The number of aromatic nitrogens is 2. The zero-order chi connectivity index (χ0) is 14.0. The lowest BCUT2D eigenvalue weighted by atomic mass is 10.1. The van der Waals surface area contributed by atoms with Gasteiger partial charge in [-0.3, -0.25) is 0 Å². The molecule has 0 amide bonds. The monoisotopic (exact) mass is 261 g/mol. The summed E-state index contributed by atoms with van der Waals surface area (Å²) < 4.78 is 28.4. The zero-order valence-electron chi connectivity index (χ0n) is 9.93. The molecule has 0 fully saturated rings. The molecule has 19 heavy (non-hydrogen) atoms. The van der Waals surface area contributed by atoms with E-state index in [1.165, 1.54) is 10.9 Å². The molecular formula is C12H9F2N5. The van der Waals surface area contributed by atoms with Crippen LogP contribution < -0.4 is 5.73 Å². The lowest BCUT2D eigenvalue weighted by Gasteiger charge is -2.01. The van der Waals surface area contributed by atoms with Gasteiger partial charge in [-0.25, -0.2) is 18.4 Å². The molecule has 0 bridgehead atoms. The number of halogens is 2. The van der Waals surface area contributed by atoms with Crippen molar-refractivity contribution in [3.63, 3.8) is 0 Å². The van der Waals surface area contributed by atoms with Crippen molar-refractivity contribution < 1.29 is 8.78 Å². The van der Waals surface area contributed by atoms with E-state index in [0.717, 1.165) is 18.3 Å². The van der Waals surface area contributed by atoms with Gasteiger partial charge in [-0.05, 0) is 19.1 Å². The molecule has 0 aliphatic carbocycles. The Kier molecular flexibility index (Phi) is 3.25. The number of nitriles is 1. The third-order valence-electron chi connectivity index (χ3n) is 2.39. The Bertz CT molecular complexity index is 697. The topological polar surface area (TPSA) is 80.0 Å². The zero-order valence-corrected chi connectivity index (χ0v) is 9.93. The molecule has 0 saturated heterocycles. The average Bonchev–Trinajstić information content (AvgIpc) is 2.68. The molecule has 2 aromatic rings. The Balaban J connectivity index is 2.44. The van der Waals surface area contributed by atoms with Crippen molar-refractivity contribution in [2.24, 2.45) is 5.10 Å². The number of hydrogen-bond donors (Lipinski definition) is 1. The maximum absolute atomic E-state index is 13.7. The maximum atomic E-state index is 13.7. The van der Waals surface area contributed by atoms with E-state index in [-0.39, 0.29) is 11.5 Å². The quantitative estimate of drug-likeness (QED) is 0.837. The van der Waals surface area contributed by atoms with Crippen molar-refractivity contribution in [3.05, 3.63) is 46.8 Å². The molecule has 1 aromatic carbocycles. The average molecular weight is 261 g/mol. The summed E-state index contributed by atoms with van der Waals surface area (Å²) in [7, 11) is 0. The molecule has 0 saturated carbocycles. The molecule has 2 rings (SSSR count). The van der Waals surface area contributed by atoms with Gasteiger partial charge in [-0.2, -0.15) is 10.4 Å². The van der Waals surface area contributed by atoms with Crippen LogP contribution in [0.5, 0.6) is 0 Å². The van der Waals surface area contributed by atoms with Gasteiger partial charge >= 0.3 is 0 Å². The lowest BCUT2D eigenvalue weighted by Crippen LogP contribution is -2.01. The van der Waals surface area contributed by atoms with Crippen LogP contribution in [0.1, 0.15) is 16.8 Å². The Morgan fingerprint density at radius 1 is 1.47 bits per heavy atom. The summed E-state index contributed by atoms with van der Waals surface area (Å²) in [5.41, 5.74) is 5.51. The van der Waals surface area contributed by atoms with Crippen molar-refractivity contribution >= 4 is 12.2 Å². The molecule has 1 aromatic heterocycles. The first-order valence-electron chi connectivity index (χ1n) is 5.27. The van der Waals surface area contributed by atoms with Crippen molar-refractivity contribution in [2.75, 3.05) is 5.73 Å². The first kappa shape index (κ1) is 12.7. The second-order valence-electron chi connectivity index (χ2n) is 3.76. The third kappa shape index (κ3) is 2.42. The van der Waals surface area contributed by atoms with Crippen molar-refractivity contribution in [3.8, 4) is 6.07 Å². The summed E-state index contributed by atoms with van der Waals surface area (Å²) in [5.74, 6) is -1.66. The van der Waals surface area contributed by atoms with E-state index in [4.69, 9.17) is 11.0 Å². The Morgan fingerprint density at radius 3 is 2.79 bits per heavy atom. The Labute approximate surface area is 107 Å². The van der Waals surface area contributed by atoms with Gasteiger partial charge in [0, 0.05) is 0 Å². The first-order chi connectivity index (χ1) is 9.02. The van der Waals surface area contributed by atoms with Crippen LogP contribution in [0.4, 0.5) is 14.7 Å². The van der Waals surface area contributed by atoms with Gasteiger partial charge in [0.2, 0.25) is 5.95 Å². The van der Waals surface area contributed by atoms with Crippen LogP contribution in [-0.2, 0) is 0 Å². The number of nitrogens with two attached hydrogens (primary N) is 1. The second-order valence-corrected chi connectivity index (χ2v) is 3.76. The van der Waals surface area contributed by atoms with Crippen LogP contribution in [0.15, 0.2) is 23.4 Å². The van der Waals surface area contributed by atoms with E-state index in [1.54, 1.807) is 13.0 Å². The normalized spacial score (nSPS) is 10.8. The Hall–Kier alpha value is -2.75. The molecule has 0 radical (unpaired) electrons. The minimum absolute atomic E-state index is 0.103. The smallest absolute Gasteiger partial charge is 0.221 e. The molecule has 0 spiro atoms. The van der Waals surface area contributed by atoms with Crippen molar-refractivity contribution in [1.29, 1.82) is 5.26 Å². The van der Waals surface area contributed by atoms with E-state index in [2.05, 4.69) is 10.1 Å². The first-order valence-corrected chi connectivity index (χ1v) is 5.27. The van der Waals surface area contributed by atoms with Crippen LogP contribution in [0, 0.1) is 29.9 Å². The predicted molar refractivity (Wildman–Crippen MR) is 65.4 cm³/mol. The number of rotatable bonds is 2. The summed E-state index contributed by atoms with van der Waals surface area (Å²) in [6, 6.07) is 3.70. The number of benzene rings is 1. The van der Waals surface area contributed by atoms with Crippen LogP contribution in [-0.4, -0.2) is 15.9 Å². The van der Waals surface area contributed by atoms with Crippen molar-refractivity contribution in [2.45, 2.75) is 6.92 Å². The number of aryl methyl sites for hydroxylation is 1. The van der Waals surface area contributed by atoms with Gasteiger partial charge in [0.15, 0.2) is 5.82 Å². The summed E-state index contributed by atoms with van der Waals surface area (Å²) in [4.78, 5) is 3.89. The van der Waals surface area contributed by atoms with Gasteiger partial charge in [-0.1, -0.05) is 0 Å². The minimum Gasteiger partial charge on any atom is -0.368 e. The number of imidazole rings is 1. The fraction of sp³-hybridized carbons (Fsp3) is 0.0833. The SMILES string of the molecule is Cc1cn(N=Cc2c(F)ccc(C#N)c2F)c(N)n1. The maximum Gasteiger partial charge on any atom is 0.221 e. The largest absolute Gasteiger partial charge is 0.368 e. The highest BCUT2D eigenvalue weighted by atomic mass is 19.1. The van der Waals surface area contributed by atoms with Crippen LogP contribution in [0.3, 0.4) is 0 Å². The highest BCUT2D eigenvalue weighted by molar-refractivity contribution is 5.81. The molecular weight excluding hydrogens is 252 g/mol. The highest BCUT2D eigenvalue weighted by Gasteiger charge is 2.11. The van der Waals surface area contributed by atoms with Crippen LogP contribution >= 0.6 is 0 Å². The van der Waals surface area contributed by atoms with Gasteiger partial charge in [0.05, 0.1) is 29.2 Å². The van der Waals surface area contributed by atoms with E-state index in [9.17, 15) is 8.78 Å². The Morgan fingerprint density at radius 2 is 2.21 bits per heavy atom. The van der Waals surface area contributed by atoms with Crippen LogP contribution in [0.2, 0.25) is 0 Å². The number of nitrogen functional groups attached to an aromatic ring is 1. The van der Waals surface area contributed by atoms with E-state index < -0.39 is 17.2 Å². The van der Waals surface area contributed by atoms with Gasteiger partial charge in [-0.15, -0.1) is 0 Å². The molecule has 96 valence electrons. The predicted octanol–water partition coefficient (Wildman–Crippen LogP) is 1.81. The fourth-order valence-electron chi connectivity index (χ4n) is 1.49. The number of nitrogens with zero attached hydrogens (tertiary/aromatic N) is 4. The van der Waals surface area contributed by atoms with Gasteiger partial charge < -0.3 is 5.73 Å². The molecule has 7 heteroatoms. The van der Waals surface area contributed by atoms with E-state index >= 15 is 0 Å². The molecule has 2 N–H and O–H groups in total. The van der Waals surface area contributed by atoms with Gasteiger partial charge in [0.1, 0.15) is 11.9 Å². The minimum atomic E-state index is -0.957. The molecule has 0 unspecified atom stereocenters. The summed E-state index contributed by atoms with van der Waals surface area (Å²) >= 11 is 0. The van der Waals surface area contributed by atoms with Crippen molar-refractivity contribution in [1.82, 2.24) is 9.66 Å². The molecule has 0 atom stereocenters. The second kappa shape index (κ2) is 4.86. The standard InChI is InChI=1S/C12H9F2N5/c1-7-6-19(12(16)18-7)17-5-9-10(13)3-2-8(4-15)11(9)14/h2-3,5-6H,1H3,(H2,16,18). The summed E-state index contributed by atoms with van der Waals surface area (Å²) in [6.07, 6.45) is 2.47. The third-order valence-corrected chi connectivity index (χ3v) is 2.39. The van der Waals surface area contributed by atoms with Gasteiger partial charge in [0.25, 0.3) is 0 Å². The van der Waals surface area contributed by atoms with E-state index in [1.807, 2.05) is 0 Å². The molecule has 0 aliphatic rings. The molecule has 0 aliphatic heterocycles. The fourth-order valence-corrected chi connectivity index (χ4v) is 1.49. The van der Waals surface area contributed by atoms with Crippen LogP contribution in [0.25, 0.3) is 0 Å². The number of hydrogen-bond acceptors (Lipinski definition) is 4. The molecule has 5 nitrogen and oxygen atoms in total. The molecule has 1 heterocycles.